The lowest BCUT2D eigenvalue weighted by Crippen LogP contribution is -2.13. The number of aromatic nitrogens is 3. The van der Waals surface area contributed by atoms with Gasteiger partial charge in [0.1, 0.15) is 11.6 Å². The maximum Gasteiger partial charge on any atom is 0.259 e. The van der Waals surface area contributed by atoms with E-state index in [4.69, 9.17) is 4.74 Å². The van der Waals surface area contributed by atoms with E-state index in [0.717, 1.165) is 5.69 Å². The number of hydrogen-bond acceptors (Lipinski definition) is 4. The van der Waals surface area contributed by atoms with Crippen LogP contribution in [0.1, 0.15) is 16.1 Å². The van der Waals surface area contributed by atoms with Gasteiger partial charge in [0.2, 0.25) is 5.88 Å². The van der Waals surface area contributed by atoms with E-state index in [1.54, 1.807) is 36.0 Å². The van der Waals surface area contributed by atoms with Crippen LogP contribution < -0.4 is 10.1 Å². The summed E-state index contributed by atoms with van der Waals surface area (Å²) in [6.45, 7) is 1.82. The normalized spacial score (nSPS) is 10.5. The molecule has 0 saturated heterocycles. The van der Waals surface area contributed by atoms with Gasteiger partial charge in [0.25, 0.3) is 5.91 Å². The summed E-state index contributed by atoms with van der Waals surface area (Å²) in [6.07, 6.45) is 2.98. The van der Waals surface area contributed by atoms with Gasteiger partial charge in [-0.05, 0) is 25.1 Å². The van der Waals surface area contributed by atoms with Crippen LogP contribution >= 0.6 is 0 Å². The minimum absolute atomic E-state index is 0.263. The lowest BCUT2D eigenvalue weighted by atomic mass is 10.2. The molecule has 0 spiro atoms. The molecule has 0 fully saturated rings. The number of ether oxygens (including phenoxy) is 1. The number of benzene rings is 1. The summed E-state index contributed by atoms with van der Waals surface area (Å²) in [5, 5.41) is 6.78. The molecule has 7 heteroatoms. The molecule has 0 radical (unpaired) electrons. The standard InChI is InChI=1S/C17H15FN4O2/c1-11-15(10-20-22(11)2)17(23)21-13-6-7-16(19-9-13)24-14-5-3-4-12(18)8-14/h3-10H,1-2H3,(H,21,23). The van der Waals surface area contributed by atoms with Crippen molar-refractivity contribution in [2.75, 3.05) is 5.32 Å². The summed E-state index contributed by atoms with van der Waals surface area (Å²) >= 11 is 0. The summed E-state index contributed by atoms with van der Waals surface area (Å²) in [6, 6.07) is 9.03. The fourth-order valence-corrected chi connectivity index (χ4v) is 2.09. The summed E-state index contributed by atoms with van der Waals surface area (Å²) < 4.78 is 20.2. The van der Waals surface area contributed by atoms with E-state index in [0.29, 0.717) is 22.9 Å². The number of hydrogen-bond donors (Lipinski definition) is 1. The van der Waals surface area contributed by atoms with Gasteiger partial charge < -0.3 is 10.1 Å². The molecular formula is C17H15FN4O2. The fourth-order valence-electron chi connectivity index (χ4n) is 2.09. The van der Waals surface area contributed by atoms with Crippen molar-refractivity contribution >= 4 is 11.6 Å². The molecule has 2 heterocycles. The topological polar surface area (TPSA) is 69.0 Å². The second-order valence-corrected chi connectivity index (χ2v) is 5.17. The van der Waals surface area contributed by atoms with Crippen LogP contribution in [0.3, 0.4) is 0 Å². The number of carbonyl (C=O) groups excluding carboxylic acids is 1. The zero-order valence-corrected chi connectivity index (χ0v) is 13.2. The number of carbonyl (C=O) groups is 1. The molecule has 0 atom stereocenters. The van der Waals surface area contributed by atoms with Crippen molar-refractivity contribution in [3.63, 3.8) is 0 Å². The van der Waals surface area contributed by atoms with Crippen LogP contribution in [0.2, 0.25) is 0 Å². The molecule has 0 aliphatic carbocycles. The average molecular weight is 326 g/mol. The van der Waals surface area contributed by atoms with Crippen molar-refractivity contribution in [1.82, 2.24) is 14.8 Å². The Balaban J connectivity index is 1.68. The summed E-state index contributed by atoms with van der Waals surface area (Å²) in [5.41, 5.74) is 1.79. The van der Waals surface area contributed by atoms with E-state index < -0.39 is 0 Å². The smallest absolute Gasteiger partial charge is 0.259 e. The first-order valence-corrected chi connectivity index (χ1v) is 7.22. The highest BCUT2D eigenvalue weighted by molar-refractivity contribution is 6.04. The third-order valence-electron chi connectivity index (χ3n) is 3.49. The lowest BCUT2D eigenvalue weighted by Gasteiger charge is -2.07. The molecule has 1 N–H and O–H groups in total. The van der Waals surface area contributed by atoms with Gasteiger partial charge in [0, 0.05) is 24.9 Å². The summed E-state index contributed by atoms with van der Waals surface area (Å²) in [4.78, 5) is 16.3. The van der Waals surface area contributed by atoms with Crippen LogP contribution in [0.25, 0.3) is 0 Å². The number of amides is 1. The van der Waals surface area contributed by atoms with Gasteiger partial charge in [-0.3, -0.25) is 9.48 Å². The fraction of sp³-hybridized carbons (Fsp3) is 0.118. The molecule has 1 aromatic carbocycles. The molecule has 0 aliphatic rings. The van der Waals surface area contributed by atoms with Crippen LogP contribution in [0, 0.1) is 12.7 Å². The van der Waals surface area contributed by atoms with E-state index in [9.17, 15) is 9.18 Å². The van der Waals surface area contributed by atoms with Crippen LogP contribution in [-0.4, -0.2) is 20.7 Å². The maximum atomic E-state index is 13.1. The van der Waals surface area contributed by atoms with Gasteiger partial charge in [-0.15, -0.1) is 0 Å². The Labute approximate surface area is 137 Å². The largest absolute Gasteiger partial charge is 0.439 e. The monoisotopic (exact) mass is 326 g/mol. The van der Waals surface area contributed by atoms with Gasteiger partial charge >= 0.3 is 0 Å². The molecule has 2 aromatic heterocycles. The predicted octanol–water partition coefficient (Wildman–Crippen LogP) is 3.31. The number of rotatable bonds is 4. The van der Waals surface area contributed by atoms with Crippen LogP contribution in [-0.2, 0) is 7.05 Å². The highest BCUT2D eigenvalue weighted by Gasteiger charge is 2.13. The quantitative estimate of drug-likeness (QED) is 0.798. The minimum atomic E-state index is -0.386. The van der Waals surface area contributed by atoms with Gasteiger partial charge in [0.15, 0.2) is 0 Å². The first-order valence-electron chi connectivity index (χ1n) is 7.22. The Morgan fingerprint density at radius 3 is 2.71 bits per heavy atom. The molecule has 0 saturated carbocycles. The zero-order chi connectivity index (χ0) is 17.1. The molecule has 3 aromatic rings. The molecule has 24 heavy (non-hydrogen) atoms. The summed E-state index contributed by atoms with van der Waals surface area (Å²) in [5.74, 6) is 0.00542. The van der Waals surface area contributed by atoms with E-state index in [-0.39, 0.29) is 11.7 Å². The number of nitrogens with zero attached hydrogens (tertiary/aromatic N) is 3. The zero-order valence-electron chi connectivity index (χ0n) is 13.2. The lowest BCUT2D eigenvalue weighted by molar-refractivity contribution is 0.102. The van der Waals surface area contributed by atoms with E-state index in [1.165, 1.54) is 24.5 Å². The van der Waals surface area contributed by atoms with Gasteiger partial charge in [-0.25, -0.2) is 9.37 Å². The maximum absolute atomic E-state index is 13.1. The molecule has 3 rings (SSSR count). The Morgan fingerprint density at radius 2 is 2.08 bits per heavy atom. The van der Waals surface area contributed by atoms with Crippen LogP contribution in [0.15, 0.2) is 48.8 Å². The SMILES string of the molecule is Cc1c(C(=O)Nc2ccc(Oc3cccc(F)c3)nc2)cnn1C. The Morgan fingerprint density at radius 1 is 1.25 bits per heavy atom. The molecule has 6 nitrogen and oxygen atoms in total. The van der Waals surface area contributed by atoms with E-state index in [1.807, 2.05) is 6.92 Å². The van der Waals surface area contributed by atoms with E-state index in [2.05, 4.69) is 15.4 Å². The molecule has 1 amide bonds. The van der Waals surface area contributed by atoms with Gasteiger partial charge in [-0.2, -0.15) is 5.10 Å². The molecule has 122 valence electrons. The Bertz CT molecular complexity index is 875. The highest BCUT2D eigenvalue weighted by atomic mass is 19.1. The van der Waals surface area contributed by atoms with Crippen LogP contribution in [0.5, 0.6) is 11.6 Å². The Hall–Kier alpha value is -3.22. The van der Waals surface area contributed by atoms with Crippen LogP contribution in [0.4, 0.5) is 10.1 Å². The molecular weight excluding hydrogens is 311 g/mol. The van der Waals surface area contributed by atoms with Crippen molar-refractivity contribution in [1.29, 1.82) is 0 Å². The van der Waals surface area contributed by atoms with Gasteiger partial charge in [0.05, 0.1) is 23.6 Å². The number of nitrogens with one attached hydrogen (secondary N) is 1. The number of aryl methyl sites for hydroxylation is 1. The second kappa shape index (κ2) is 6.49. The third kappa shape index (κ3) is 3.40. The molecule has 0 unspecified atom stereocenters. The number of anilines is 1. The summed E-state index contributed by atoms with van der Waals surface area (Å²) in [7, 11) is 1.77. The van der Waals surface area contributed by atoms with Crippen molar-refractivity contribution in [2.45, 2.75) is 6.92 Å². The van der Waals surface area contributed by atoms with Crippen molar-refractivity contribution in [2.24, 2.45) is 7.05 Å². The first-order chi connectivity index (χ1) is 11.5. The van der Waals surface area contributed by atoms with Crippen molar-refractivity contribution < 1.29 is 13.9 Å². The number of halogens is 1. The molecule has 0 bridgehead atoms. The van der Waals surface area contributed by atoms with Crippen molar-refractivity contribution in [3.05, 3.63) is 65.9 Å². The number of pyridine rings is 1. The van der Waals surface area contributed by atoms with Gasteiger partial charge in [-0.1, -0.05) is 6.07 Å². The predicted molar refractivity (Wildman–Crippen MR) is 86.6 cm³/mol. The average Bonchev–Trinajstić information content (AvgIpc) is 2.89. The highest BCUT2D eigenvalue weighted by Crippen LogP contribution is 2.21. The second-order valence-electron chi connectivity index (χ2n) is 5.17. The van der Waals surface area contributed by atoms with Crippen molar-refractivity contribution in [3.8, 4) is 11.6 Å². The first kappa shape index (κ1) is 15.7. The minimum Gasteiger partial charge on any atom is -0.439 e. The molecule has 0 aliphatic heterocycles. The Kier molecular flexibility index (Phi) is 4.24. The third-order valence-corrected chi connectivity index (χ3v) is 3.49. The van der Waals surface area contributed by atoms with E-state index >= 15 is 0 Å².